The SMILES string of the molecule is CN1CCCC1.O=CNc1ccc(F)c(-c2cn3cc(NC(=O)OCc4ccccc4)cnc3n2)c1. The molecule has 2 amide bonds. The Hall–Kier alpha value is -4.31. The summed E-state index contributed by atoms with van der Waals surface area (Å²) in [5, 5.41) is 5.07. The lowest BCUT2D eigenvalue weighted by molar-refractivity contribution is -0.105. The van der Waals surface area contributed by atoms with E-state index in [1.165, 1.54) is 50.3 Å². The smallest absolute Gasteiger partial charge is 0.412 e. The number of nitrogens with one attached hydrogen (secondary N) is 2. The average molecular weight is 491 g/mol. The molecular weight excluding hydrogens is 463 g/mol. The third-order valence-corrected chi connectivity index (χ3v) is 5.57. The molecule has 3 heterocycles. The van der Waals surface area contributed by atoms with Crippen LogP contribution < -0.4 is 10.6 Å². The molecule has 0 radical (unpaired) electrons. The van der Waals surface area contributed by atoms with Crippen molar-refractivity contribution in [3.8, 4) is 11.3 Å². The highest BCUT2D eigenvalue weighted by atomic mass is 19.1. The summed E-state index contributed by atoms with van der Waals surface area (Å²) >= 11 is 0. The first-order valence-corrected chi connectivity index (χ1v) is 11.5. The van der Waals surface area contributed by atoms with E-state index in [1.807, 2.05) is 30.3 Å². The van der Waals surface area contributed by atoms with E-state index >= 15 is 0 Å². The second kappa shape index (κ2) is 11.9. The number of hydrogen-bond acceptors (Lipinski definition) is 6. The fourth-order valence-electron chi connectivity index (χ4n) is 3.71. The van der Waals surface area contributed by atoms with Gasteiger partial charge in [0, 0.05) is 23.6 Å². The molecule has 2 aromatic carbocycles. The number of rotatable bonds is 6. The van der Waals surface area contributed by atoms with Crippen LogP contribution in [0.2, 0.25) is 0 Å². The quantitative estimate of drug-likeness (QED) is 0.384. The van der Waals surface area contributed by atoms with Crippen molar-refractivity contribution in [1.29, 1.82) is 0 Å². The number of carbonyl (C=O) groups excluding carboxylic acids is 2. The van der Waals surface area contributed by atoms with Gasteiger partial charge in [0.25, 0.3) is 0 Å². The molecule has 1 aliphatic heterocycles. The van der Waals surface area contributed by atoms with Gasteiger partial charge in [-0.25, -0.2) is 19.2 Å². The number of benzene rings is 2. The molecule has 0 bridgehead atoms. The van der Waals surface area contributed by atoms with Crippen molar-refractivity contribution in [2.45, 2.75) is 19.4 Å². The fraction of sp³-hybridized carbons (Fsp3) is 0.231. The lowest BCUT2D eigenvalue weighted by atomic mass is 10.1. The minimum atomic E-state index is -0.626. The minimum Gasteiger partial charge on any atom is -0.444 e. The van der Waals surface area contributed by atoms with Crippen LogP contribution in [-0.4, -0.2) is 51.9 Å². The standard InChI is InChI=1S/C21H16FN5O3.C5H11N/c22-18-7-6-15(24-13-28)8-17(18)19-11-27-10-16(9-23-20(27)26-19)25-21(29)30-12-14-4-2-1-3-5-14;1-6-4-2-3-5-6/h1-11,13H,12H2,(H,24,28)(H,25,29);2-5H2,1H3. The van der Waals surface area contributed by atoms with Gasteiger partial charge in [0.15, 0.2) is 0 Å². The molecule has 0 spiro atoms. The Bertz CT molecular complexity index is 1320. The summed E-state index contributed by atoms with van der Waals surface area (Å²) in [5.41, 5.74) is 2.24. The normalized spacial score (nSPS) is 13.1. The molecule has 36 heavy (non-hydrogen) atoms. The molecule has 10 heteroatoms. The molecule has 1 saturated heterocycles. The largest absolute Gasteiger partial charge is 0.444 e. The second-order valence-corrected chi connectivity index (χ2v) is 8.33. The topological polar surface area (TPSA) is 101 Å². The van der Waals surface area contributed by atoms with Crippen molar-refractivity contribution >= 4 is 29.7 Å². The summed E-state index contributed by atoms with van der Waals surface area (Å²) in [6, 6.07) is 13.5. The van der Waals surface area contributed by atoms with Crippen LogP contribution in [0.4, 0.5) is 20.6 Å². The maximum atomic E-state index is 14.2. The van der Waals surface area contributed by atoms with Gasteiger partial charge in [-0.2, -0.15) is 0 Å². The molecule has 2 N–H and O–H groups in total. The summed E-state index contributed by atoms with van der Waals surface area (Å²) in [6.07, 6.45) is 7.31. The van der Waals surface area contributed by atoms with Crippen molar-refractivity contribution in [1.82, 2.24) is 19.3 Å². The number of nitrogens with zero attached hydrogens (tertiary/aromatic N) is 4. The molecule has 0 saturated carbocycles. The first-order valence-electron chi connectivity index (χ1n) is 11.5. The van der Waals surface area contributed by atoms with Crippen LogP contribution >= 0.6 is 0 Å². The number of likely N-dealkylation sites (tertiary alicyclic amines) is 1. The van der Waals surface area contributed by atoms with Gasteiger partial charge in [0.2, 0.25) is 12.2 Å². The Balaban J connectivity index is 0.000000445. The van der Waals surface area contributed by atoms with Crippen molar-refractivity contribution < 1.29 is 18.7 Å². The number of halogens is 1. The van der Waals surface area contributed by atoms with Crippen molar-refractivity contribution in [3.63, 3.8) is 0 Å². The number of hydrogen-bond donors (Lipinski definition) is 2. The Morgan fingerprint density at radius 3 is 2.58 bits per heavy atom. The van der Waals surface area contributed by atoms with Gasteiger partial charge in [-0.3, -0.25) is 14.5 Å². The van der Waals surface area contributed by atoms with Crippen molar-refractivity contribution in [3.05, 3.63) is 78.5 Å². The Labute approximate surface area is 207 Å². The molecule has 4 aromatic rings. The number of fused-ring (bicyclic) bond motifs is 1. The number of carbonyl (C=O) groups is 2. The van der Waals surface area contributed by atoms with Crippen LogP contribution in [0, 0.1) is 5.82 Å². The molecule has 5 rings (SSSR count). The van der Waals surface area contributed by atoms with E-state index in [1.54, 1.807) is 16.8 Å². The van der Waals surface area contributed by atoms with Gasteiger partial charge >= 0.3 is 6.09 Å². The highest BCUT2D eigenvalue weighted by Gasteiger charge is 2.12. The molecule has 0 atom stereocenters. The van der Waals surface area contributed by atoms with Crippen LogP contribution in [0.5, 0.6) is 0 Å². The van der Waals surface area contributed by atoms with Crippen molar-refractivity contribution in [2.75, 3.05) is 30.8 Å². The van der Waals surface area contributed by atoms with Gasteiger partial charge in [-0.05, 0) is 56.7 Å². The third kappa shape index (κ3) is 6.63. The highest BCUT2D eigenvalue weighted by Crippen LogP contribution is 2.25. The molecule has 2 aromatic heterocycles. The van der Waals surface area contributed by atoms with Crippen LogP contribution in [0.3, 0.4) is 0 Å². The van der Waals surface area contributed by atoms with E-state index in [9.17, 15) is 14.0 Å². The number of aromatic nitrogens is 3. The van der Waals surface area contributed by atoms with Crippen LogP contribution in [-0.2, 0) is 16.1 Å². The first-order chi connectivity index (χ1) is 17.5. The van der Waals surface area contributed by atoms with E-state index in [0.29, 0.717) is 29.3 Å². The molecule has 1 aliphatic rings. The van der Waals surface area contributed by atoms with Gasteiger partial charge in [0.05, 0.1) is 17.6 Å². The lowest BCUT2D eigenvalue weighted by Crippen LogP contribution is -2.14. The van der Waals surface area contributed by atoms with E-state index < -0.39 is 11.9 Å². The number of amides is 2. The fourth-order valence-corrected chi connectivity index (χ4v) is 3.71. The maximum Gasteiger partial charge on any atom is 0.412 e. The number of anilines is 2. The zero-order valence-electron chi connectivity index (χ0n) is 19.9. The molecular formula is C26H27FN6O3. The molecule has 1 fully saturated rings. The highest BCUT2D eigenvalue weighted by molar-refractivity contribution is 5.84. The number of imidazole rings is 1. The van der Waals surface area contributed by atoms with Gasteiger partial charge < -0.3 is 15.0 Å². The minimum absolute atomic E-state index is 0.141. The van der Waals surface area contributed by atoms with Gasteiger partial charge in [0.1, 0.15) is 12.4 Å². The predicted octanol–water partition coefficient (Wildman–Crippen LogP) is 4.56. The summed E-state index contributed by atoms with van der Waals surface area (Å²) in [4.78, 5) is 33.5. The second-order valence-electron chi connectivity index (χ2n) is 8.33. The zero-order chi connectivity index (χ0) is 25.3. The monoisotopic (exact) mass is 490 g/mol. The van der Waals surface area contributed by atoms with Crippen LogP contribution in [0.25, 0.3) is 17.0 Å². The lowest BCUT2D eigenvalue weighted by Gasteiger charge is -2.07. The zero-order valence-corrected chi connectivity index (χ0v) is 19.9. The predicted molar refractivity (Wildman–Crippen MR) is 135 cm³/mol. The Morgan fingerprint density at radius 1 is 1.11 bits per heavy atom. The summed E-state index contributed by atoms with van der Waals surface area (Å²) in [5.74, 6) is -0.168. The van der Waals surface area contributed by atoms with Crippen LogP contribution in [0.1, 0.15) is 18.4 Å². The Morgan fingerprint density at radius 2 is 1.89 bits per heavy atom. The van der Waals surface area contributed by atoms with E-state index in [4.69, 9.17) is 4.74 Å². The van der Waals surface area contributed by atoms with E-state index in [0.717, 1.165) is 5.56 Å². The molecule has 0 unspecified atom stereocenters. The molecule has 0 aliphatic carbocycles. The van der Waals surface area contributed by atoms with E-state index in [-0.39, 0.29) is 12.2 Å². The molecule has 9 nitrogen and oxygen atoms in total. The molecule has 186 valence electrons. The Kier molecular flexibility index (Phi) is 8.20. The van der Waals surface area contributed by atoms with Gasteiger partial charge in [-0.1, -0.05) is 30.3 Å². The summed E-state index contributed by atoms with van der Waals surface area (Å²) < 4.78 is 21.0. The van der Waals surface area contributed by atoms with Crippen molar-refractivity contribution in [2.24, 2.45) is 0 Å². The summed E-state index contributed by atoms with van der Waals surface area (Å²) in [7, 11) is 2.17. The first kappa shape index (κ1) is 24.8. The average Bonchev–Trinajstić information content (AvgIpc) is 3.54. The van der Waals surface area contributed by atoms with Gasteiger partial charge in [-0.15, -0.1) is 0 Å². The van der Waals surface area contributed by atoms with E-state index in [2.05, 4.69) is 32.5 Å². The summed E-state index contributed by atoms with van der Waals surface area (Å²) in [6.45, 7) is 2.78. The number of ether oxygens (including phenoxy) is 1. The maximum absolute atomic E-state index is 14.2. The van der Waals surface area contributed by atoms with Crippen LogP contribution in [0.15, 0.2) is 67.1 Å². The third-order valence-electron chi connectivity index (χ3n) is 5.57.